The highest BCUT2D eigenvalue weighted by atomic mass is 19.1. The van der Waals surface area contributed by atoms with Crippen molar-refractivity contribution in [3.8, 4) is 0 Å². The summed E-state index contributed by atoms with van der Waals surface area (Å²) in [5, 5.41) is 23.7. The topological polar surface area (TPSA) is 52.5 Å². The zero-order chi connectivity index (χ0) is 15.5. The second-order valence-corrected chi connectivity index (χ2v) is 7.09. The Morgan fingerprint density at radius 2 is 1.90 bits per heavy atom. The molecule has 118 valence electrons. The van der Waals surface area contributed by atoms with Crippen LogP contribution in [0.3, 0.4) is 0 Å². The van der Waals surface area contributed by atoms with Gasteiger partial charge in [0.1, 0.15) is 5.82 Å². The molecule has 1 aliphatic carbocycles. The van der Waals surface area contributed by atoms with Gasteiger partial charge in [0, 0.05) is 13.1 Å². The van der Waals surface area contributed by atoms with E-state index >= 15 is 0 Å². The molecule has 1 atom stereocenters. The van der Waals surface area contributed by atoms with Crippen LogP contribution in [0.1, 0.15) is 51.2 Å². The minimum Gasteiger partial charge on any atom is -0.389 e. The van der Waals surface area contributed by atoms with Gasteiger partial charge in [0.2, 0.25) is 0 Å². The van der Waals surface area contributed by atoms with E-state index in [1.807, 2.05) is 0 Å². The van der Waals surface area contributed by atoms with Crippen LogP contribution in [-0.2, 0) is 0 Å². The fourth-order valence-electron chi connectivity index (χ4n) is 2.84. The first kappa shape index (κ1) is 16.4. The maximum atomic E-state index is 13.1. The quantitative estimate of drug-likeness (QED) is 0.783. The van der Waals surface area contributed by atoms with Crippen LogP contribution < -0.4 is 5.32 Å². The first-order valence-electron chi connectivity index (χ1n) is 7.66. The Morgan fingerprint density at radius 3 is 2.52 bits per heavy atom. The number of aliphatic hydroxyl groups is 2. The fourth-order valence-corrected chi connectivity index (χ4v) is 2.84. The highest BCUT2D eigenvalue weighted by Gasteiger charge is 2.36. The van der Waals surface area contributed by atoms with Gasteiger partial charge in [0.15, 0.2) is 0 Å². The highest BCUT2D eigenvalue weighted by molar-refractivity contribution is 5.19. The van der Waals surface area contributed by atoms with Crippen LogP contribution in [0.2, 0.25) is 0 Å². The van der Waals surface area contributed by atoms with Gasteiger partial charge in [0.05, 0.1) is 11.7 Å². The Kier molecular flexibility index (Phi) is 5.02. The molecule has 3 nitrogen and oxygen atoms in total. The number of hydrogen-bond acceptors (Lipinski definition) is 3. The van der Waals surface area contributed by atoms with Crippen molar-refractivity contribution in [2.24, 2.45) is 5.41 Å². The summed E-state index contributed by atoms with van der Waals surface area (Å²) >= 11 is 0. The number of halogens is 1. The maximum Gasteiger partial charge on any atom is 0.123 e. The number of nitrogens with one attached hydrogen (secondary N) is 1. The Hall–Kier alpha value is -0.970. The lowest BCUT2D eigenvalue weighted by Crippen LogP contribution is -2.45. The average molecular weight is 295 g/mol. The minimum absolute atomic E-state index is 0.313. The van der Waals surface area contributed by atoms with Crippen LogP contribution >= 0.6 is 0 Å². The standard InChI is InChI=1S/C17H26FNO2/c1-16(2)6-8-17(21,9-7-16)12-19-11-15(20)13-4-3-5-14(18)10-13/h3-5,10,15,19-21H,6-9,11-12H2,1-2H3. The molecule has 1 aromatic rings. The van der Waals surface area contributed by atoms with E-state index < -0.39 is 11.7 Å². The van der Waals surface area contributed by atoms with E-state index in [4.69, 9.17) is 0 Å². The van der Waals surface area contributed by atoms with Crippen molar-refractivity contribution in [3.63, 3.8) is 0 Å². The molecule has 0 spiro atoms. The van der Waals surface area contributed by atoms with E-state index in [0.717, 1.165) is 25.7 Å². The highest BCUT2D eigenvalue weighted by Crippen LogP contribution is 2.39. The third-order valence-electron chi connectivity index (χ3n) is 4.56. The van der Waals surface area contributed by atoms with Gasteiger partial charge in [0.25, 0.3) is 0 Å². The van der Waals surface area contributed by atoms with E-state index in [1.54, 1.807) is 12.1 Å². The molecule has 0 bridgehead atoms. The molecule has 3 N–H and O–H groups in total. The predicted octanol–water partition coefficient (Wildman–Crippen LogP) is 2.78. The van der Waals surface area contributed by atoms with Gasteiger partial charge >= 0.3 is 0 Å². The van der Waals surface area contributed by atoms with Gasteiger partial charge in [-0.05, 0) is 48.8 Å². The summed E-state index contributed by atoms with van der Waals surface area (Å²) in [6.07, 6.45) is 2.82. The smallest absolute Gasteiger partial charge is 0.123 e. The molecule has 2 rings (SSSR count). The van der Waals surface area contributed by atoms with Crippen molar-refractivity contribution in [1.82, 2.24) is 5.32 Å². The second-order valence-electron chi connectivity index (χ2n) is 7.09. The normalized spacial score (nSPS) is 22.0. The van der Waals surface area contributed by atoms with Gasteiger partial charge in [-0.2, -0.15) is 0 Å². The first-order valence-corrected chi connectivity index (χ1v) is 7.66. The molecule has 0 saturated heterocycles. The van der Waals surface area contributed by atoms with Crippen molar-refractivity contribution >= 4 is 0 Å². The predicted molar refractivity (Wildman–Crippen MR) is 81.4 cm³/mol. The lowest BCUT2D eigenvalue weighted by Gasteiger charge is -2.40. The van der Waals surface area contributed by atoms with Gasteiger partial charge < -0.3 is 15.5 Å². The summed E-state index contributed by atoms with van der Waals surface area (Å²) < 4.78 is 13.1. The third-order valence-corrected chi connectivity index (χ3v) is 4.56. The van der Waals surface area contributed by atoms with E-state index in [-0.39, 0.29) is 5.82 Å². The molecule has 1 unspecified atom stereocenters. The zero-order valence-corrected chi connectivity index (χ0v) is 12.9. The molecule has 0 amide bonds. The summed E-state index contributed by atoms with van der Waals surface area (Å²) in [5.41, 5.74) is 0.184. The molecule has 0 aliphatic heterocycles. The molecule has 1 saturated carbocycles. The summed E-state index contributed by atoms with van der Waals surface area (Å²) in [7, 11) is 0. The van der Waals surface area contributed by atoms with Crippen LogP contribution in [0.5, 0.6) is 0 Å². The van der Waals surface area contributed by atoms with E-state index in [2.05, 4.69) is 19.2 Å². The molecule has 0 aromatic heterocycles. The van der Waals surface area contributed by atoms with Crippen molar-refractivity contribution in [2.75, 3.05) is 13.1 Å². The van der Waals surface area contributed by atoms with Gasteiger partial charge in [-0.3, -0.25) is 0 Å². The Balaban J connectivity index is 1.79. The molecule has 0 radical (unpaired) electrons. The Labute approximate surface area is 126 Å². The van der Waals surface area contributed by atoms with E-state index in [1.165, 1.54) is 12.1 Å². The third kappa shape index (κ3) is 4.77. The molecule has 4 heteroatoms. The van der Waals surface area contributed by atoms with Gasteiger partial charge in [-0.1, -0.05) is 26.0 Å². The minimum atomic E-state index is -0.760. The lowest BCUT2D eigenvalue weighted by molar-refractivity contribution is -0.0258. The molecule has 0 heterocycles. The van der Waals surface area contributed by atoms with E-state index in [0.29, 0.717) is 24.1 Å². The number of hydrogen-bond donors (Lipinski definition) is 3. The average Bonchev–Trinajstić information content (AvgIpc) is 2.43. The molecule has 1 aliphatic rings. The van der Waals surface area contributed by atoms with Crippen molar-refractivity contribution < 1.29 is 14.6 Å². The SMILES string of the molecule is CC1(C)CCC(O)(CNCC(O)c2cccc(F)c2)CC1. The van der Waals surface area contributed by atoms with E-state index in [9.17, 15) is 14.6 Å². The van der Waals surface area contributed by atoms with Crippen LogP contribution in [0.4, 0.5) is 4.39 Å². The molecule has 21 heavy (non-hydrogen) atoms. The van der Waals surface area contributed by atoms with Crippen molar-refractivity contribution in [1.29, 1.82) is 0 Å². The Bertz CT molecular complexity index is 466. The summed E-state index contributed by atoms with van der Waals surface area (Å²) in [6.45, 7) is 5.24. The molecular formula is C17H26FNO2. The van der Waals surface area contributed by atoms with Crippen molar-refractivity contribution in [3.05, 3.63) is 35.6 Å². The second kappa shape index (κ2) is 6.42. The summed E-state index contributed by atoms with van der Waals surface area (Å²) in [6, 6.07) is 5.98. The van der Waals surface area contributed by atoms with Crippen LogP contribution in [0.15, 0.2) is 24.3 Å². The molecule has 1 aromatic carbocycles. The summed E-state index contributed by atoms with van der Waals surface area (Å²) in [5.74, 6) is -0.348. The van der Waals surface area contributed by atoms with Crippen LogP contribution in [-0.4, -0.2) is 28.9 Å². The largest absolute Gasteiger partial charge is 0.389 e. The van der Waals surface area contributed by atoms with Crippen LogP contribution in [0.25, 0.3) is 0 Å². The summed E-state index contributed by atoms with van der Waals surface area (Å²) in [4.78, 5) is 0. The molecular weight excluding hydrogens is 269 g/mol. The first-order chi connectivity index (χ1) is 9.80. The zero-order valence-electron chi connectivity index (χ0n) is 12.9. The van der Waals surface area contributed by atoms with Gasteiger partial charge in [-0.15, -0.1) is 0 Å². The number of rotatable bonds is 5. The number of benzene rings is 1. The monoisotopic (exact) mass is 295 g/mol. The van der Waals surface area contributed by atoms with Gasteiger partial charge in [-0.25, -0.2) is 4.39 Å². The lowest BCUT2D eigenvalue weighted by atomic mass is 9.71. The van der Waals surface area contributed by atoms with Crippen LogP contribution in [0, 0.1) is 11.2 Å². The Morgan fingerprint density at radius 1 is 1.24 bits per heavy atom. The number of aliphatic hydroxyl groups excluding tert-OH is 1. The molecule has 1 fully saturated rings. The maximum absolute atomic E-state index is 13.1. The fraction of sp³-hybridized carbons (Fsp3) is 0.647. The van der Waals surface area contributed by atoms with Crippen molar-refractivity contribution in [2.45, 2.75) is 51.2 Å².